The fourth-order valence-corrected chi connectivity index (χ4v) is 4.73. The summed E-state index contributed by atoms with van der Waals surface area (Å²) in [4.78, 5) is 39.1. The first-order valence-corrected chi connectivity index (χ1v) is 14.1. The first-order chi connectivity index (χ1) is 19.4. The second-order valence-corrected chi connectivity index (χ2v) is 10.6. The molecule has 40 heavy (non-hydrogen) atoms. The largest absolute Gasteiger partial charge is 0.494 e. The van der Waals surface area contributed by atoms with Crippen LogP contribution in [-0.4, -0.2) is 40.3 Å². The molecule has 0 fully saturated rings. The highest BCUT2D eigenvalue weighted by atomic mass is 32.2. The molecule has 4 aromatic rings. The van der Waals surface area contributed by atoms with Gasteiger partial charge in [-0.15, -0.1) is 22.0 Å². The average molecular weight is 574 g/mol. The Bertz CT molecular complexity index is 1490. The number of carbonyl (C=O) groups excluding carboxylic acids is 3. The molecule has 0 aliphatic heterocycles. The monoisotopic (exact) mass is 573 g/mol. The van der Waals surface area contributed by atoms with Crippen LogP contribution < -0.4 is 20.7 Å². The Labute approximate surface area is 240 Å². The third kappa shape index (κ3) is 8.52. The normalized spacial score (nSPS) is 11.0. The Morgan fingerprint density at radius 1 is 0.925 bits per heavy atom. The van der Waals surface area contributed by atoms with Crippen LogP contribution in [0.15, 0.2) is 89.5 Å². The van der Waals surface area contributed by atoms with Gasteiger partial charge in [0.15, 0.2) is 0 Å². The van der Waals surface area contributed by atoms with Gasteiger partial charge in [0.2, 0.25) is 11.0 Å². The van der Waals surface area contributed by atoms with Gasteiger partial charge in [-0.05, 0) is 74.0 Å². The standard InChI is InChI=1S/C29H27N5O4S2/c1-3-38-23-13-9-20(10-14-23)17-25(31-27(36)21-7-5-4-6-8-21)28(37)30-22-11-15-24(16-12-22)39-18-26(35)32-29-34-33-19(2)40-29/h4-17H,3,18H2,1-2H3,(H,30,37)(H,31,36)(H,32,34,35)/b25-17-. The minimum absolute atomic E-state index is 0.0834. The summed E-state index contributed by atoms with van der Waals surface area (Å²) in [6.07, 6.45) is 1.61. The summed E-state index contributed by atoms with van der Waals surface area (Å²) < 4.78 is 5.48. The zero-order valence-electron chi connectivity index (χ0n) is 21.8. The lowest BCUT2D eigenvalue weighted by Crippen LogP contribution is -2.30. The highest BCUT2D eigenvalue weighted by molar-refractivity contribution is 8.00. The van der Waals surface area contributed by atoms with Crippen LogP contribution in [-0.2, 0) is 9.59 Å². The van der Waals surface area contributed by atoms with E-state index in [1.807, 2.05) is 19.9 Å². The maximum absolute atomic E-state index is 13.2. The topological polar surface area (TPSA) is 122 Å². The molecule has 0 radical (unpaired) electrons. The van der Waals surface area contributed by atoms with Crippen molar-refractivity contribution in [2.75, 3.05) is 23.0 Å². The van der Waals surface area contributed by atoms with E-state index in [4.69, 9.17) is 4.74 Å². The fourth-order valence-electron chi connectivity index (χ4n) is 3.42. The fraction of sp³-hybridized carbons (Fsp3) is 0.138. The molecule has 0 aliphatic carbocycles. The van der Waals surface area contributed by atoms with Crippen molar-refractivity contribution in [3.05, 3.63) is 101 Å². The summed E-state index contributed by atoms with van der Waals surface area (Å²) in [5.41, 5.74) is 1.77. The maximum atomic E-state index is 13.2. The number of hydrogen-bond donors (Lipinski definition) is 3. The molecule has 3 N–H and O–H groups in total. The van der Waals surface area contributed by atoms with E-state index in [-0.39, 0.29) is 17.4 Å². The molecule has 3 aromatic carbocycles. The predicted molar refractivity (Wildman–Crippen MR) is 159 cm³/mol. The summed E-state index contributed by atoms with van der Waals surface area (Å²) >= 11 is 2.67. The maximum Gasteiger partial charge on any atom is 0.272 e. The van der Waals surface area contributed by atoms with Gasteiger partial charge in [0.05, 0.1) is 12.4 Å². The number of carbonyl (C=O) groups is 3. The minimum Gasteiger partial charge on any atom is -0.494 e. The second kappa shape index (κ2) is 14.1. The van der Waals surface area contributed by atoms with E-state index in [0.717, 1.165) is 15.5 Å². The van der Waals surface area contributed by atoms with Crippen LogP contribution >= 0.6 is 23.1 Å². The number of rotatable bonds is 11. The van der Waals surface area contributed by atoms with E-state index in [1.54, 1.807) is 78.9 Å². The van der Waals surface area contributed by atoms with Gasteiger partial charge in [0.25, 0.3) is 11.8 Å². The molecule has 0 bridgehead atoms. The third-order valence-electron chi connectivity index (χ3n) is 5.29. The number of amides is 3. The van der Waals surface area contributed by atoms with Gasteiger partial charge >= 0.3 is 0 Å². The molecule has 1 aromatic heterocycles. The Kier molecular flexibility index (Phi) is 10.0. The lowest BCUT2D eigenvalue weighted by Gasteiger charge is -2.12. The van der Waals surface area contributed by atoms with E-state index in [0.29, 0.717) is 28.7 Å². The van der Waals surface area contributed by atoms with Crippen LogP contribution in [0.1, 0.15) is 27.9 Å². The molecule has 9 nitrogen and oxygen atoms in total. The van der Waals surface area contributed by atoms with E-state index in [1.165, 1.54) is 23.1 Å². The number of thioether (sulfide) groups is 1. The summed E-state index contributed by atoms with van der Waals surface area (Å²) in [6.45, 7) is 4.27. The van der Waals surface area contributed by atoms with Crippen LogP contribution in [0.5, 0.6) is 5.75 Å². The minimum atomic E-state index is -0.481. The van der Waals surface area contributed by atoms with Gasteiger partial charge in [-0.1, -0.05) is 41.7 Å². The summed E-state index contributed by atoms with van der Waals surface area (Å²) in [5, 5.41) is 17.3. The van der Waals surface area contributed by atoms with Crippen molar-refractivity contribution in [3.63, 3.8) is 0 Å². The number of hydrogen-bond acceptors (Lipinski definition) is 8. The third-order valence-corrected chi connectivity index (χ3v) is 7.05. The van der Waals surface area contributed by atoms with E-state index in [2.05, 4.69) is 26.1 Å². The molecule has 3 amide bonds. The van der Waals surface area contributed by atoms with Crippen molar-refractivity contribution in [3.8, 4) is 5.75 Å². The highest BCUT2D eigenvalue weighted by Gasteiger charge is 2.15. The molecule has 4 rings (SSSR count). The highest BCUT2D eigenvalue weighted by Crippen LogP contribution is 2.22. The lowest BCUT2D eigenvalue weighted by molar-refractivity contribution is -0.114. The van der Waals surface area contributed by atoms with Crippen molar-refractivity contribution < 1.29 is 19.1 Å². The Morgan fingerprint density at radius 3 is 2.30 bits per heavy atom. The SMILES string of the molecule is CCOc1ccc(/C=C(\NC(=O)c2ccccc2)C(=O)Nc2ccc(SCC(=O)Nc3nnc(C)s3)cc2)cc1. The van der Waals surface area contributed by atoms with Crippen LogP contribution in [0.3, 0.4) is 0 Å². The zero-order chi connectivity index (χ0) is 28.3. The molecular formula is C29H27N5O4S2. The molecule has 0 aliphatic rings. The van der Waals surface area contributed by atoms with Gasteiger partial charge in [-0.3, -0.25) is 19.7 Å². The molecule has 0 saturated carbocycles. The Hall–Kier alpha value is -4.48. The summed E-state index contributed by atoms with van der Waals surface area (Å²) in [5.74, 6) is -0.154. The zero-order valence-corrected chi connectivity index (χ0v) is 23.5. The van der Waals surface area contributed by atoms with Gasteiger partial charge < -0.3 is 15.4 Å². The molecular weight excluding hydrogens is 546 g/mol. The molecule has 0 spiro atoms. The number of nitrogens with one attached hydrogen (secondary N) is 3. The quantitative estimate of drug-likeness (QED) is 0.163. The van der Waals surface area contributed by atoms with Crippen molar-refractivity contribution in [1.82, 2.24) is 15.5 Å². The Balaban J connectivity index is 1.42. The molecule has 11 heteroatoms. The van der Waals surface area contributed by atoms with Gasteiger partial charge in [-0.2, -0.15) is 0 Å². The van der Waals surface area contributed by atoms with Crippen molar-refractivity contribution in [2.24, 2.45) is 0 Å². The number of aryl methyl sites for hydroxylation is 1. The van der Waals surface area contributed by atoms with Crippen molar-refractivity contribution >= 4 is 57.7 Å². The smallest absolute Gasteiger partial charge is 0.272 e. The molecule has 204 valence electrons. The van der Waals surface area contributed by atoms with Crippen LogP contribution in [0.25, 0.3) is 6.08 Å². The average Bonchev–Trinajstić information content (AvgIpc) is 3.38. The molecule has 0 unspecified atom stereocenters. The number of ether oxygens (including phenoxy) is 1. The first-order valence-electron chi connectivity index (χ1n) is 12.3. The number of benzene rings is 3. The number of anilines is 2. The van der Waals surface area contributed by atoms with Crippen LogP contribution in [0.2, 0.25) is 0 Å². The number of aromatic nitrogens is 2. The summed E-state index contributed by atoms with van der Waals surface area (Å²) in [6, 6.07) is 23.0. The predicted octanol–water partition coefficient (Wildman–Crippen LogP) is 5.39. The van der Waals surface area contributed by atoms with Crippen LogP contribution in [0.4, 0.5) is 10.8 Å². The van der Waals surface area contributed by atoms with Crippen molar-refractivity contribution in [2.45, 2.75) is 18.7 Å². The Morgan fingerprint density at radius 2 is 1.65 bits per heavy atom. The van der Waals surface area contributed by atoms with Gasteiger partial charge in [0.1, 0.15) is 16.5 Å². The number of nitrogens with zero attached hydrogens (tertiary/aromatic N) is 2. The van der Waals surface area contributed by atoms with Crippen molar-refractivity contribution in [1.29, 1.82) is 0 Å². The second-order valence-electron chi connectivity index (χ2n) is 8.32. The summed E-state index contributed by atoms with van der Waals surface area (Å²) in [7, 11) is 0. The molecule has 0 saturated heterocycles. The van der Waals surface area contributed by atoms with Crippen LogP contribution in [0, 0.1) is 6.92 Å². The van der Waals surface area contributed by atoms with Gasteiger partial charge in [-0.25, -0.2) is 0 Å². The molecule has 0 atom stereocenters. The lowest BCUT2D eigenvalue weighted by atomic mass is 10.1. The first kappa shape index (κ1) is 28.5. The van der Waals surface area contributed by atoms with E-state index in [9.17, 15) is 14.4 Å². The molecule has 1 heterocycles. The van der Waals surface area contributed by atoms with E-state index < -0.39 is 11.8 Å². The van der Waals surface area contributed by atoms with Gasteiger partial charge in [0, 0.05) is 16.1 Å². The van der Waals surface area contributed by atoms with E-state index >= 15 is 0 Å².